The number of phosphoric acid groups is 1. The van der Waals surface area contributed by atoms with Crippen molar-refractivity contribution in [3.63, 3.8) is 0 Å². The van der Waals surface area contributed by atoms with Gasteiger partial charge in [0.1, 0.15) is 6.26 Å². The third kappa shape index (κ3) is 2.22. The molecule has 0 saturated heterocycles. The van der Waals surface area contributed by atoms with Crippen LogP contribution in [0.3, 0.4) is 0 Å². The van der Waals surface area contributed by atoms with E-state index in [1.54, 1.807) is 13.8 Å². The van der Waals surface area contributed by atoms with Gasteiger partial charge in [-0.05, 0) is 13.8 Å². The van der Waals surface area contributed by atoms with Crippen LogP contribution in [0.1, 0.15) is 13.8 Å². The van der Waals surface area contributed by atoms with Crippen molar-refractivity contribution < 1.29 is 18.2 Å². The van der Waals surface area contributed by atoms with Crippen LogP contribution in [-0.2, 0) is 18.2 Å². The van der Waals surface area contributed by atoms with Gasteiger partial charge in [0.25, 0.3) is 0 Å². The van der Waals surface area contributed by atoms with E-state index in [0.717, 1.165) is 0 Å². The quantitative estimate of drug-likeness (QED) is 0.651. The van der Waals surface area contributed by atoms with E-state index in [1.807, 2.05) is 0 Å². The molecule has 0 aliphatic carbocycles. The molecule has 1 aliphatic heterocycles. The van der Waals surface area contributed by atoms with Crippen LogP contribution >= 0.6 is 7.82 Å². The van der Waals surface area contributed by atoms with Gasteiger partial charge in [0.05, 0.1) is 12.3 Å². The number of rotatable bonds is 2. The zero-order valence-corrected chi connectivity index (χ0v) is 7.26. The van der Waals surface area contributed by atoms with Crippen molar-refractivity contribution in [1.29, 1.82) is 0 Å². The smallest absolute Gasteiger partial charge is 0.409 e. The second-order valence-electron chi connectivity index (χ2n) is 1.96. The van der Waals surface area contributed by atoms with Crippen molar-refractivity contribution in [2.75, 3.05) is 6.61 Å². The molecule has 0 spiro atoms. The molecule has 1 unspecified atom stereocenters. The molecule has 0 radical (unpaired) electrons. The summed E-state index contributed by atoms with van der Waals surface area (Å²) in [7, 11) is -3.34. The highest BCUT2D eigenvalue weighted by Gasteiger charge is 2.29. The molecule has 1 rings (SSSR count). The van der Waals surface area contributed by atoms with E-state index in [2.05, 4.69) is 10.1 Å². The Labute approximate surface area is 64.9 Å². The van der Waals surface area contributed by atoms with Gasteiger partial charge in [-0.3, -0.25) is 10.0 Å². The molecular weight excluding hydrogens is 169 g/mol. The molecule has 0 bridgehead atoms. The van der Waals surface area contributed by atoms with E-state index >= 15 is 0 Å². The molecule has 11 heavy (non-hydrogen) atoms. The number of hydroxylamine groups is 1. The molecule has 0 aromatic heterocycles. The Balaban J connectivity index is 2.57. The molecule has 1 aliphatic rings. The van der Waals surface area contributed by atoms with Gasteiger partial charge in [0.2, 0.25) is 0 Å². The maximum atomic E-state index is 11.2. The molecule has 1 heterocycles. The van der Waals surface area contributed by atoms with E-state index in [1.165, 1.54) is 6.26 Å². The summed E-state index contributed by atoms with van der Waals surface area (Å²) in [6.07, 6.45) is 1.31. The molecular formula is C5H10NO4P. The lowest BCUT2D eigenvalue weighted by atomic mass is 10.6. The molecule has 6 heteroatoms. The number of hydrogen-bond acceptors (Lipinski definition) is 5. The first kappa shape index (κ1) is 8.59. The molecule has 1 atom stereocenters. The van der Waals surface area contributed by atoms with Crippen LogP contribution in [0.25, 0.3) is 0 Å². The largest absolute Gasteiger partial charge is 0.551 e. The Kier molecular flexibility index (Phi) is 2.54. The van der Waals surface area contributed by atoms with Crippen LogP contribution in [0, 0.1) is 0 Å². The zero-order valence-electron chi connectivity index (χ0n) is 6.36. The average molecular weight is 179 g/mol. The second kappa shape index (κ2) is 3.26. The fourth-order valence-corrected chi connectivity index (χ4v) is 1.55. The topological polar surface area (TPSA) is 56.8 Å². The van der Waals surface area contributed by atoms with Crippen LogP contribution in [0.5, 0.6) is 0 Å². The van der Waals surface area contributed by atoms with Crippen LogP contribution in [0.2, 0.25) is 0 Å². The second-order valence-corrected chi connectivity index (χ2v) is 3.51. The van der Waals surface area contributed by atoms with E-state index < -0.39 is 7.82 Å². The molecule has 0 amide bonds. The lowest BCUT2D eigenvalue weighted by molar-refractivity contribution is 0.0918. The van der Waals surface area contributed by atoms with Crippen molar-refractivity contribution in [2.45, 2.75) is 13.8 Å². The van der Waals surface area contributed by atoms with Crippen LogP contribution in [0.15, 0.2) is 12.0 Å². The fraction of sp³-hybridized carbons (Fsp3) is 0.600. The van der Waals surface area contributed by atoms with Crippen molar-refractivity contribution >= 4 is 7.82 Å². The molecule has 0 aromatic carbocycles. The Bertz CT molecular complexity index is 215. The third-order valence-corrected chi connectivity index (χ3v) is 2.22. The first-order valence-electron chi connectivity index (χ1n) is 3.20. The third-order valence-electron chi connectivity index (χ3n) is 0.964. The van der Waals surface area contributed by atoms with Gasteiger partial charge in [0, 0.05) is 0 Å². The lowest BCUT2D eigenvalue weighted by Gasteiger charge is -2.20. The van der Waals surface area contributed by atoms with Crippen LogP contribution in [0.4, 0.5) is 0 Å². The van der Waals surface area contributed by atoms with Crippen molar-refractivity contribution in [3.05, 3.63) is 12.0 Å². The van der Waals surface area contributed by atoms with Gasteiger partial charge in [-0.2, -0.15) is 4.62 Å². The summed E-state index contributed by atoms with van der Waals surface area (Å²) < 4.78 is 25.2. The summed E-state index contributed by atoms with van der Waals surface area (Å²) in [5.41, 5.74) is 3.05. The van der Waals surface area contributed by atoms with E-state index in [0.29, 0.717) is 5.70 Å². The average Bonchev–Trinajstić information content (AvgIpc) is 1.97. The van der Waals surface area contributed by atoms with Crippen molar-refractivity contribution in [1.82, 2.24) is 5.48 Å². The summed E-state index contributed by atoms with van der Waals surface area (Å²) in [5, 5.41) is 0. The predicted octanol–water partition coefficient (Wildman–Crippen LogP) is 1.54. The number of hydrogen-bond donors (Lipinski definition) is 1. The van der Waals surface area contributed by atoms with E-state index in [4.69, 9.17) is 9.05 Å². The Hall–Kier alpha value is -0.510. The summed E-state index contributed by atoms with van der Waals surface area (Å²) in [4.78, 5) is 0. The minimum atomic E-state index is -3.34. The first-order chi connectivity index (χ1) is 5.16. The SMILES string of the molecule is CCOP1(=O)OC=C(C)NO1. The highest BCUT2D eigenvalue weighted by atomic mass is 31.2. The minimum absolute atomic E-state index is 0.284. The molecule has 5 nitrogen and oxygen atoms in total. The first-order valence-corrected chi connectivity index (χ1v) is 4.67. The monoisotopic (exact) mass is 179 g/mol. The Morgan fingerprint density at radius 1 is 1.82 bits per heavy atom. The van der Waals surface area contributed by atoms with Crippen molar-refractivity contribution in [2.24, 2.45) is 0 Å². The predicted molar refractivity (Wildman–Crippen MR) is 38.3 cm³/mol. The standard InChI is InChI=1S/C5H10NO4P/c1-3-8-11(7)9-4-5(2)6-10-11/h4,6H,3H2,1-2H3. The lowest BCUT2D eigenvalue weighted by Crippen LogP contribution is -2.16. The number of allylic oxidation sites excluding steroid dienone is 1. The van der Waals surface area contributed by atoms with Gasteiger partial charge >= 0.3 is 7.82 Å². The van der Waals surface area contributed by atoms with E-state index in [9.17, 15) is 4.57 Å². The number of nitrogens with one attached hydrogen (secondary N) is 1. The zero-order chi connectivity index (χ0) is 8.32. The maximum Gasteiger partial charge on any atom is 0.551 e. The molecule has 0 saturated carbocycles. The van der Waals surface area contributed by atoms with E-state index in [-0.39, 0.29) is 6.61 Å². The van der Waals surface area contributed by atoms with Gasteiger partial charge in [0.15, 0.2) is 0 Å². The van der Waals surface area contributed by atoms with Gasteiger partial charge < -0.3 is 4.52 Å². The summed E-state index contributed by atoms with van der Waals surface area (Å²) in [6, 6.07) is 0. The number of phosphoric ester groups is 1. The van der Waals surface area contributed by atoms with Crippen molar-refractivity contribution in [3.8, 4) is 0 Å². The van der Waals surface area contributed by atoms with Crippen LogP contribution < -0.4 is 5.48 Å². The highest BCUT2D eigenvalue weighted by Crippen LogP contribution is 2.50. The summed E-state index contributed by atoms with van der Waals surface area (Å²) in [5.74, 6) is 0. The normalized spacial score (nSPS) is 30.2. The Morgan fingerprint density at radius 3 is 3.00 bits per heavy atom. The van der Waals surface area contributed by atoms with Crippen LogP contribution in [-0.4, -0.2) is 6.61 Å². The Morgan fingerprint density at radius 2 is 2.55 bits per heavy atom. The van der Waals surface area contributed by atoms with Gasteiger partial charge in [-0.25, -0.2) is 4.57 Å². The molecule has 64 valence electrons. The fourth-order valence-electron chi connectivity index (χ4n) is 0.532. The summed E-state index contributed by atoms with van der Waals surface area (Å²) in [6.45, 7) is 3.71. The molecule has 1 N–H and O–H groups in total. The highest BCUT2D eigenvalue weighted by molar-refractivity contribution is 7.48. The summed E-state index contributed by atoms with van der Waals surface area (Å²) >= 11 is 0. The van der Waals surface area contributed by atoms with Gasteiger partial charge in [-0.1, -0.05) is 0 Å². The van der Waals surface area contributed by atoms with Gasteiger partial charge in [-0.15, -0.1) is 0 Å². The molecule has 0 aromatic rings. The minimum Gasteiger partial charge on any atom is -0.409 e. The maximum absolute atomic E-state index is 11.2. The molecule has 0 fully saturated rings.